The van der Waals surface area contributed by atoms with E-state index in [0.29, 0.717) is 18.8 Å². The Morgan fingerprint density at radius 2 is 1.30 bits per heavy atom. The van der Waals surface area contributed by atoms with E-state index in [-0.39, 0.29) is 6.10 Å². The molecule has 2 heteroatoms. The van der Waals surface area contributed by atoms with Crippen molar-refractivity contribution in [2.45, 2.75) is 38.7 Å². The van der Waals surface area contributed by atoms with E-state index in [0.717, 1.165) is 10.6 Å². The summed E-state index contributed by atoms with van der Waals surface area (Å²) >= 11 is 5.86. The third-order valence-electron chi connectivity index (χ3n) is 3.50. The van der Waals surface area contributed by atoms with Crippen molar-refractivity contribution in [2.75, 3.05) is 0 Å². The van der Waals surface area contributed by atoms with E-state index in [1.165, 1.54) is 11.1 Å². The van der Waals surface area contributed by atoms with Crippen LogP contribution < -0.4 is 0 Å². The summed E-state index contributed by atoms with van der Waals surface area (Å²) in [5.41, 5.74) is 3.62. The van der Waals surface area contributed by atoms with E-state index < -0.39 is 0 Å². The molecule has 2 rings (SSSR count). The van der Waals surface area contributed by atoms with E-state index in [4.69, 9.17) is 11.6 Å². The molecule has 2 aromatic carbocycles. The first kappa shape index (κ1) is 15.1. The quantitative estimate of drug-likeness (QED) is 0.852. The molecule has 1 atom stereocenters. The van der Waals surface area contributed by atoms with Crippen LogP contribution in [0.4, 0.5) is 0 Å². The average molecular weight is 289 g/mol. The molecule has 0 amide bonds. The Morgan fingerprint density at radius 1 is 0.850 bits per heavy atom. The first-order valence-corrected chi connectivity index (χ1v) is 7.43. The highest BCUT2D eigenvalue weighted by Crippen LogP contribution is 2.17. The van der Waals surface area contributed by atoms with Crippen LogP contribution in [0.1, 0.15) is 36.5 Å². The Morgan fingerprint density at radius 3 is 1.75 bits per heavy atom. The summed E-state index contributed by atoms with van der Waals surface area (Å²) < 4.78 is 0. The molecule has 106 valence electrons. The average Bonchev–Trinajstić information content (AvgIpc) is 2.42. The normalized spacial score (nSPS) is 12.7. The molecule has 0 bridgehead atoms. The number of halogens is 1. The largest absolute Gasteiger partial charge is 0.392 e. The van der Waals surface area contributed by atoms with Gasteiger partial charge in [0.15, 0.2) is 0 Å². The summed E-state index contributed by atoms with van der Waals surface area (Å²) in [4.78, 5) is 0. The molecule has 0 fully saturated rings. The first-order valence-electron chi connectivity index (χ1n) is 7.06. The fourth-order valence-corrected chi connectivity index (χ4v) is 2.40. The molecule has 0 heterocycles. The lowest BCUT2D eigenvalue weighted by atomic mass is 9.98. The minimum atomic E-state index is -0.360. The van der Waals surface area contributed by atoms with Crippen molar-refractivity contribution in [3.63, 3.8) is 0 Å². The number of hydrogen-bond donors (Lipinski definition) is 1. The molecule has 0 spiro atoms. The minimum Gasteiger partial charge on any atom is -0.392 e. The highest BCUT2D eigenvalue weighted by Gasteiger charge is 2.07. The van der Waals surface area contributed by atoms with E-state index >= 15 is 0 Å². The molecule has 0 saturated carbocycles. The predicted octanol–water partition coefficient (Wildman–Crippen LogP) is 4.61. The minimum absolute atomic E-state index is 0.360. The van der Waals surface area contributed by atoms with Gasteiger partial charge in [0.05, 0.1) is 6.10 Å². The third-order valence-corrected chi connectivity index (χ3v) is 3.75. The second-order valence-corrected chi connectivity index (χ2v) is 6.02. The third kappa shape index (κ3) is 4.36. The Bertz CT molecular complexity index is 528. The lowest BCUT2D eigenvalue weighted by Crippen LogP contribution is -2.13. The molecule has 2 aromatic rings. The topological polar surface area (TPSA) is 20.2 Å². The van der Waals surface area contributed by atoms with Gasteiger partial charge in [0.25, 0.3) is 0 Å². The zero-order valence-corrected chi connectivity index (χ0v) is 12.8. The molecule has 0 saturated heterocycles. The smallest absolute Gasteiger partial charge is 0.0620 e. The van der Waals surface area contributed by atoms with Crippen molar-refractivity contribution >= 4 is 11.6 Å². The summed E-state index contributed by atoms with van der Waals surface area (Å²) in [5, 5.41) is 10.9. The van der Waals surface area contributed by atoms with E-state index in [2.05, 4.69) is 38.1 Å². The summed E-state index contributed by atoms with van der Waals surface area (Å²) in [6.45, 7) is 4.37. The van der Waals surface area contributed by atoms with Crippen LogP contribution in [0.15, 0.2) is 48.5 Å². The van der Waals surface area contributed by atoms with Crippen LogP contribution in [0.5, 0.6) is 0 Å². The predicted molar refractivity (Wildman–Crippen MR) is 85.4 cm³/mol. The van der Waals surface area contributed by atoms with Crippen molar-refractivity contribution in [1.82, 2.24) is 0 Å². The number of hydrogen-bond acceptors (Lipinski definition) is 1. The van der Waals surface area contributed by atoms with Gasteiger partial charge in [-0.15, -0.1) is 0 Å². The van der Waals surface area contributed by atoms with Gasteiger partial charge in [-0.2, -0.15) is 0 Å². The van der Waals surface area contributed by atoms with Crippen LogP contribution in [0, 0.1) is 0 Å². The molecule has 1 nitrogen and oxygen atoms in total. The van der Waals surface area contributed by atoms with Gasteiger partial charge in [0.1, 0.15) is 0 Å². The molecule has 0 radical (unpaired) electrons. The fourth-order valence-electron chi connectivity index (χ4n) is 2.28. The standard InChI is InChI=1S/C18H21ClO/c1-13(2)16-7-3-14(4-8-16)11-18(20)12-15-5-9-17(19)10-6-15/h3-10,13,18,20H,11-12H2,1-2H3. The molecular formula is C18H21ClO. The maximum atomic E-state index is 10.2. The fraction of sp³-hybridized carbons (Fsp3) is 0.333. The van der Waals surface area contributed by atoms with Crippen LogP contribution in [-0.4, -0.2) is 11.2 Å². The summed E-state index contributed by atoms with van der Waals surface area (Å²) in [7, 11) is 0. The van der Waals surface area contributed by atoms with Gasteiger partial charge in [-0.25, -0.2) is 0 Å². The van der Waals surface area contributed by atoms with Gasteiger partial charge in [0, 0.05) is 5.02 Å². The van der Waals surface area contributed by atoms with Crippen molar-refractivity contribution < 1.29 is 5.11 Å². The van der Waals surface area contributed by atoms with Gasteiger partial charge in [-0.05, 0) is 47.6 Å². The van der Waals surface area contributed by atoms with Gasteiger partial charge in [-0.3, -0.25) is 0 Å². The summed E-state index contributed by atoms with van der Waals surface area (Å²) in [6.07, 6.45) is 0.977. The number of aliphatic hydroxyl groups excluding tert-OH is 1. The van der Waals surface area contributed by atoms with Crippen LogP contribution in [0.3, 0.4) is 0 Å². The zero-order valence-electron chi connectivity index (χ0n) is 12.0. The Labute approximate surface area is 126 Å². The molecule has 1 unspecified atom stereocenters. The van der Waals surface area contributed by atoms with Crippen LogP contribution in [0.2, 0.25) is 5.02 Å². The highest BCUT2D eigenvalue weighted by molar-refractivity contribution is 6.30. The Kier molecular flexibility index (Phi) is 5.22. The Hall–Kier alpha value is -1.31. The number of rotatable bonds is 5. The SMILES string of the molecule is CC(C)c1ccc(CC(O)Cc2ccc(Cl)cc2)cc1. The molecule has 0 aliphatic heterocycles. The van der Waals surface area contributed by atoms with Gasteiger partial charge >= 0.3 is 0 Å². The molecule has 0 aliphatic carbocycles. The lowest BCUT2D eigenvalue weighted by molar-refractivity contribution is 0.175. The number of aliphatic hydroxyl groups is 1. The van der Waals surface area contributed by atoms with Crippen LogP contribution in [-0.2, 0) is 12.8 Å². The highest BCUT2D eigenvalue weighted by atomic mass is 35.5. The molecule has 20 heavy (non-hydrogen) atoms. The van der Waals surface area contributed by atoms with Crippen molar-refractivity contribution in [3.05, 3.63) is 70.2 Å². The van der Waals surface area contributed by atoms with Gasteiger partial charge in [0.2, 0.25) is 0 Å². The van der Waals surface area contributed by atoms with Crippen molar-refractivity contribution in [1.29, 1.82) is 0 Å². The van der Waals surface area contributed by atoms with Gasteiger partial charge in [-0.1, -0.05) is 61.8 Å². The zero-order chi connectivity index (χ0) is 14.5. The molecule has 1 N–H and O–H groups in total. The molecular weight excluding hydrogens is 268 g/mol. The van der Waals surface area contributed by atoms with Gasteiger partial charge < -0.3 is 5.11 Å². The van der Waals surface area contributed by atoms with Crippen LogP contribution >= 0.6 is 11.6 Å². The number of benzene rings is 2. The Balaban J connectivity index is 1.93. The maximum Gasteiger partial charge on any atom is 0.0620 e. The van der Waals surface area contributed by atoms with E-state index in [9.17, 15) is 5.11 Å². The molecule has 0 aliphatic rings. The first-order chi connectivity index (χ1) is 9.54. The summed E-state index contributed by atoms with van der Waals surface area (Å²) in [5.74, 6) is 0.544. The summed E-state index contributed by atoms with van der Waals surface area (Å²) in [6, 6.07) is 16.2. The second-order valence-electron chi connectivity index (χ2n) is 5.58. The van der Waals surface area contributed by atoms with E-state index in [1.54, 1.807) is 0 Å². The maximum absolute atomic E-state index is 10.2. The van der Waals surface area contributed by atoms with E-state index in [1.807, 2.05) is 24.3 Å². The van der Waals surface area contributed by atoms with Crippen molar-refractivity contribution in [3.8, 4) is 0 Å². The second kappa shape index (κ2) is 6.92. The monoisotopic (exact) mass is 288 g/mol. The molecule has 0 aromatic heterocycles. The van der Waals surface area contributed by atoms with Crippen LogP contribution in [0.25, 0.3) is 0 Å². The van der Waals surface area contributed by atoms with Crippen molar-refractivity contribution in [2.24, 2.45) is 0 Å². The lowest BCUT2D eigenvalue weighted by Gasteiger charge is -2.12.